The van der Waals surface area contributed by atoms with Crippen molar-refractivity contribution in [1.29, 1.82) is 0 Å². The number of hydrogen-bond acceptors (Lipinski definition) is 5. The molecular formula is C20H24ClN3O2S2. The average molecular weight is 438 g/mol. The zero-order valence-electron chi connectivity index (χ0n) is 15.6. The molecule has 1 aromatic carbocycles. The van der Waals surface area contributed by atoms with E-state index in [-0.39, 0.29) is 17.6 Å². The molecule has 5 nitrogen and oxygen atoms in total. The van der Waals surface area contributed by atoms with Crippen molar-refractivity contribution in [3.05, 3.63) is 40.4 Å². The Labute approximate surface area is 178 Å². The first-order chi connectivity index (χ1) is 13.6. The molecule has 28 heavy (non-hydrogen) atoms. The Kier molecular flexibility index (Phi) is 8.18. The minimum atomic E-state index is -0.103. The van der Waals surface area contributed by atoms with E-state index in [1.165, 1.54) is 55.2 Å². The fourth-order valence-electron chi connectivity index (χ4n) is 3.17. The highest BCUT2D eigenvalue weighted by atomic mass is 35.5. The Morgan fingerprint density at radius 1 is 1.14 bits per heavy atom. The van der Waals surface area contributed by atoms with Gasteiger partial charge >= 0.3 is 0 Å². The van der Waals surface area contributed by atoms with Crippen LogP contribution in [0.2, 0.25) is 5.02 Å². The first-order valence-corrected chi connectivity index (χ1v) is 11.7. The van der Waals surface area contributed by atoms with Crippen LogP contribution in [0.5, 0.6) is 0 Å². The second kappa shape index (κ2) is 10.8. The number of halogens is 1. The van der Waals surface area contributed by atoms with Gasteiger partial charge in [0, 0.05) is 22.6 Å². The SMILES string of the molecule is O=C(Cc1csc(SCC(=O)Nc2ccc(Cl)cc2)n1)NCC1CCCCC1. The molecular weight excluding hydrogens is 414 g/mol. The number of benzene rings is 1. The van der Waals surface area contributed by atoms with Crippen LogP contribution in [0.25, 0.3) is 0 Å². The Morgan fingerprint density at radius 3 is 2.64 bits per heavy atom. The van der Waals surface area contributed by atoms with Gasteiger partial charge in [-0.15, -0.1) is 11.3 Å². The largest absolute Gasteiger partial charge is 0.355 e. The minimum Gasteiger partial charge on any atom is -0.355 e. The number of hydrogen-bond donors (Lipinski definition) is 2. The molecule has 0 saturated heterocycles. The maximum Gasteiger partial charge on any atom is 0.234 e. The topological polar surface area (TPSA) is 71.1 Å². The second-order valence-electron chi connectivity index (χ2n) is 6.93. The fourth-order valence-corrected chi connectivity index (χ4v) is 4.94. The molecule has 3 rings (SSSR count). The highest BCUT2D eigenvalue weighted by molar-refractivity contribution is 8.01. The smallest absolute Gasteiger partial charge is 0.234 e. The summed E-state index contributed by atoms with van der Waals surface area (Å²) in [6.45, 7) is 0.773. The summed E-state index contributed by atoms with van der Waals surface area (Å²) in [7, 11) is 0. The molecule has 8 heteroatoms. The van der Waals surface area contributed by atoms with Crippen LogP contribution in [0.1, 0.15) is 37.8 Å². The number of carbonyl (C=O) groups excluding carboxylic acids is 2. The van der Waals surface area contributed by atoms with Gasteiger partial charge in [-0.25, -0.2) is 4.98 Å². The predicted molar refractivity (Wildman–Crippen MR) is 116 cm³/mol. The molecule has 1 fully saturated rings. The summed E-state index contributed by atoms with van der Waals surface area (Å²) in [6.07, 6.45) is 6.60. The van der Waals surface area contributed by atoms with E-state index in [4.69, 9.17) is 11.6 Å². The lowest BCUT2D eigenvalue weighted by Gasteiger charge is -2.21. The minimum absolute atomic E-state index is 0.0212. The van der Waals surface area contributed by atoms with Gasteiger partial charge in [0.2, 0.25) is 11.8 Å². The molecule has 1 heterocycles. The maximum atomic E-state index is 12.1. The van der Waals surface area contributed by atoms with Crippen molar-refractivity contribution >= 4 is 52.2 Å². The van der Waals surface area contributed by atoms with Crippen LogP contribution in [-0.4, -0.2) is 29.1 Å². The van der Waals surface area contributed by atoms with Crippen LogP contribution in [0.15, 0.2) is 34.0 Å². The van der Waals surface area contributed by atoms with Crippen molar-refractivity contribution in [2.24, 2.45) is 5.92 Å². The summed E-state index contributed by atoms with van der Waals surface area (Å²) < 4.78 is 0.793. The molecule has 1 aliphatic carbocycles. The van der Waals surface area contributed by atoms with E-state index >= 15 is 0 Å². The molecule has 0 bridgehead atoms. The van der Waals surface area contributed by atoms with E-state index < -0.39 is 0 Å². The van der Waals surface area contributed by atoms with Gasteiger partial charge in [0.1, 0.15) is 0 Å². The molecule has 1 aliphatic rings. The van der Waals surface area contributed by atoms with Crippen LogP contribution in [0, 0.1) is 5.92 Å². The summed E-state index contributed by atoms with van der Waals surface area (Å²) in [5, 5.41) is 8.38. The summed E-state index contributed by atoms with van der Waals surface area (Å²) in [5.41, 5.74) is 1.47. The third-order valence-electron chi connectivity index (χ3n) is 4.64. The molecule has 2 aromatic rings. The van der Waals surface area contributed by atoms with Crippen LogP contribution < -0.4 is 10.6 Å². The molecule has 0 unspecified atom stereocenters. The third-order valence-corrected chi connectivity index (χ3v) is 6.96. The van der Waals surface area contributed by atoms with Gasteiger partial charge in [-0.1, -0.05) is 42.6 Å². The van der Waals surface area contributed by atoms with Crippen molar-refractivity contribution < 1.29 is 9.59 Å². The Morgan fingerprint density at radius 2 is 1.89 bits per heavy atom. The van der Waals surface area contributed by atoms with Gasteiger partial charge in [0.05, 0.1) is 17.9 Å². The molecule has 0 aliphatic heterocycles. The van der Waals surface area contributed by atoms with Crippen LogP contribution in [-0.2, 0) is 16.0 Å². The molecule has 2 amide bonds. The zero-order chi connectivity index (χ0) is 19.8. The number of nitrogens with zero attached hydrogens (tertiary/aromatic N) is 1. The van der Waals surface area contributed by atoms with Crippen molar-refractivity contribution in [3.8, 4) is 0 Å². The van der Waals surface area contributed by atoms with E-state index in [0.29, 0.717) is 23.0 Å². The Bertz CT molecular complexity index is 789. The lowest BCUT2D eigenvalue weighted by molar-refractivity contribution is -0.120. The van der Waals surface area contributed by atoms with Crippen molar-refractivity contribution in [3.63, 3.8) is 0 Å². The molecule has 1 saturated carbocycles. The average Bonchev–Trinajstić information content (AvgIpc) is 3.15. The maximum absolute atomic E-state index is 12.1. The lowest BCUT2D eigenvalue weighted by atomic mass is 9.89. The van der Waals surface area contributed by atoms with Gasteiger partial charge in [-0.05, 0) is 43.0 Å². The number of thiazole rings is 1. The van der Waals surface area contributed by atoms with Crippen LogP contribution in [0.4, 0.5) is 5.69 Å². The van der Waals surface area contributed by atoms with E-state index in [2.05, 4.69) is 15.6 Å². The fraction of sp³-hybridized carbons (Fsp3) is 0.450. The highest BCUT2D eigenvalue weighted by Gasteiger charge is 2.15. The number of rotatable bonds is 8. The van der Waals surface area contributed by atoms with E-state index in [0.717, 1.165) is 16.6 Å². The Balaban J connectivity index is 1.37. The first kappa shape index (κ1) is 21.1. The standard InChI is InChI=1S/C20H24ClN3O2S2/c21-15-6-8-16(9-7-15)23-19(26)13-28-20-24-17(12-27-20)10-18(25)22-11-14-4-2-1-3-5-14/h6-9,12,14H,1-5,10-11,13H2,(H,22,25)(H,23,26). The van der Waals surface area contributed by atoms with Gasteiger partial charge in [0.15, 0.2) is 4.34 Å². The molecule has 150 valence electrons. The molecule has 0 radical (unpaired) electrons. The monoisotopic (exact) mass is 437 g/mol. The van der Waals surface area contributed by atoms with Crippen molar-refractivity contribution in [1.82, 2.24) is 10.3 Å². The van der Waals surface area contributed by atoms with Gasteiger partial charge in [-0.3, -0.25) is 9.59 Å². The number of aromatic nitrogens is 1. The molecule has 0 spiro atoms. The number of thioether (sulfide) groups is 1. The van der Waals surface area contributed by atoms with E-state index in [1.54, 1.807) is 24.3 Å². The second-order valence-corrected chi connectivity index (χ2v) is 9.45. The Hall–Kier alpha value is -1.57. The van der Waals surface area contributed by atoms with Crippen LogP contribution in [0.3, 0.4) is 0 Å². The third kappa shape index (κ3) is 7.11. The predicted octanol–water partition coefficient (Wildman–Crippen LogP) is 4.77. The normalized spacial score (nSPS) is 14.6. The molecule has 0 atom stereocenters. The summed E-state index contributed by atoms with van der Waals surface area (Å²) in [5.74, 6) is 0.810. The van der Waals surface area contributed by atoms with Gasteiger partial charge in [-0.2, -0.15) is 0 Å². The van der Waals surface area contributed by atoms with Crippen LogP contribution >= 0.6 is 34.7 Å². The summed E-state index contributed by atoms with van der Waals surface area (Å²) in [6, 6.07) is 6.99. The van der Waals surface area contributed by atoms with Crippen molar-refractivity contribution in [2.75, 3.05) is 17.6 Å². The number of carbonyl (C=O) groups is 2. The quantitative estimate of drug-likeness (QED) is 0.583. The summed E-state index contributed by atoms with van der Waals surface area (Å²) in [4.78, 5) is 28.6. The molecule has 1 aromatic heterocycles. The van der Waals surface area contributed by atoms with Crippen molar-refractivity contribution in [2.45, 2.75) is 42.9 Å². The zero-order valence-corrected chi connectivity index (χ0v) is 18.0. The summed E-state index contributed by atoms with van der Waals surface area (Å²) >= 11 is 8.67. The van der Waals surface area contributed by atoms with Gasteiger partial charge < -0.3 is 10.6 Å². The van der Waals surface area contributed by atoms with E-state index in [9.17, 15) is 9.59 Å². The number of anilines is 1. The first-order valence-electron chi connectivity index (χ1n) is 9.48. The lowest BCUT2D eigenvalue weighted by Crippen LogP contribution is -2.31. The van der Waals surface area contributed by atoms with Gasteiger partial charge in [0.25, 0.3) is 0 Å². The number of amides is 2. The highest BCUT2D eigenvalue weighted by Crippen LogP contribution is 2.24. The molecule has 2 N–H and O–H groups in total. The van der Waals surface area contributed by atoms with E-state index in [1.807, 2.05) is 5.38 Å². The number of nitrogens with one attached hydrogen (secondary N) is 2.